The molecule has 0 radical (unpaired) electrons. The van der Waals surface area contributed by atoms with Crippen molar-refractivity contribution in [3.8, 4) is 0 Å². The highest BCUT2D eigenvalue weighted by Gasteiger charge is 2.37. The van der Waals surface area contributed by atoms with Crippen molar-refractivity contribution in [2.45, 2.75) is 26.0 Å². The summed E-state index contributed by atoms with van der Waals surface area (Å²) in [5, 5.41) is 0. The zero-order chi connectivity index (χ0) is 12.5. The summed E-state index contributed by atoms with van der Waals surface area (Å²) in [7, 11) is -3.36. The highest BCUT2D eigenvalue weighted by atomic mass is 32.2. The Hall–Kier alpha value is -0.210. The molecule has 0 unspecified atom stereocenters. The molecule has 0 aromatic carbocycles. The third-order valence-corrected chi connectivity index (χ3v) is 5.26. The van der Waals surface area contributed by atoms with Crippen LogP contribution in [0.1, 0.15) is 13.8 Å². The van der Waals surface area contributed by atoms with E-state index in [9.17, 15) is 8.42 Å². The zero-order valence-corrected chi connectivity index (χ0v) is 11.1. The number of rotatable bonds is 2. The highest BCUT2D eigenvalue weighted by Crippen LogP contribution is 2.19. The molecular formula is C10H20N2O4S. The zero-order valence-electron chi connectivity index (χ0n) is 10.3. The van der Waals surface area contributed by atoms with Gasteiger partial charge in [-0.2, -0.15) is 17.0 Å². The number of ether oxygens (including phenoxy) is 2. The van der Waals surface area contributed by atoms with Crippen LogP contribution in [0.15, 0.2) is 0 Å². The van der Waals surface area contributed by atoms with Crippen molar-refractivity contribution in [1.29, 1.82) is 0 Å². The van der Waals surface area contributed by atoms with E-state index in [1.165, 1.54) is 4.31 Å². The van der Waals surface area contributed by atoms with E-state index in [0.29, 0.717) is 39.5 Å². The van der Waals surface area contributed by atoms with Gasteiger partial charge in [0.05, 0.1) is 25.9 Å². The Labute approximate surface area is 103 Å². The molecule has 2 rings (SSSR count). The maximum atomic E-state index is 12.4. The van der Waals surface area contributed by atoms with E-state index in [1.807, 2.05) is 13.8 Å². The van der Waals surface area contributed by atoms with E-state index in [2.05, 4.69) is 0 Å². The van der Waals surface area contributed by atoms with Crippen LogP contribution >= 0.6 is 0 Å². The predicted octanol–water partition coefficient (Wildman–Crippen LogP) is -0.327. The van der Waals surface area contributed by atoms with Crippen LogP contribution < -0.4 is 0 Å². The maximum absolute atomic E-state index is 12.4. The van der Waals surface area contributed by atoms with Crippen molar-refractivity contribution in [2.75, 3.05) is 39.5 Å². The van der Waals surface area contributed by atoms with Crippen molar-refractivity contribution in [1.82, 2.24) is 8.61 Å². The van der Waals surface area contributed by atoms with Crippen molar-refractivity contribution in [3.05, 3.63) is 0 Å². The van der Waals surface area contributed by atoms with Crippen molar-refractivity contribution < 1.29 is 17.9 Å². The minimum absolute atomic E-state index is 0.0398. The SMILES string of the molecule is C[C@H]1CN(S(=O)(=O)N2CCOCC2)[C@@H](C)CO1. The van der Waals surface area contributed by atoms with Gasteiger partial charge in [0.1, 0.15) is 0 Å². The Morgan fingerprint density at radius 3 is 2.47 bits per heavy atom. The number of hydrogen-bond donors (Lipinski definition) is 0. The fourth-order valence-electron chi connectivity index (χ4n) is 2.12. The highest BCUT2D eigenvalue weighted by molar-refractivity contribution is 7.86. The lowest BCUT2D eigenvalue weighted by Crippen LogP contribution is -2.56. The second-order valence-corrected chi connectivity index (χ2v) is 6.46. The molecule has 0 N–H and O–H groups in total. The summed E-state index contributed by atoms with van der Waals surface area (Å²) in [5.74, 6) is 0. The van der Waals surface area contributed by atoms with E-state index in [-0.39, 0.29) is 12.1 Å². The lowest BCUT2D eigenvalue weighted by atomic mass is 10.2. The van der Waals surface area contributed by atoms with Crippen LogP contribution in [0.5, 0.6) is 0 Å². The Morgan fingerprint density at radius 2 is 1.82 bits per heavy atom. The first kappa shape index (κ1) is 13.2. The van der Waals surface area contributed by atoms with Crippen LogP contribution in [0, 0.1) is 0 Å². The minimum Gasteiger partial charge on any atom is -0.379 e. The molecule has 17 heavy (non-hydrogen) atoms. The Morgan fingerprint density at radius 1 is 1.18 bits per heavy atom. The van der Waals surface area contributed by atoms with Crippen LogP contribution in [0.2, 0.25) is 0 Å². The second kappa shape index (κ2) is 5.19. The van der Waals surface area contributed by atoms with E-state index < -0.39 is 10.2 Å². The van der Waals surface area contributed by atoms with E-state index in [0.717, 1.165) is 0 Å². The summed E-state index contributed by atoms with van der Waals surface area (Å²) >= 11 is 0. The van der Waals surface area contributed by atoms with E-state index in [1.54, 1.807) is 4.31 Å². The lowest BCUT2D eigenvalue weighted by Gasteiger charge is -2.39. The van der Waals surface area contributed by atoms with Gasteiger partial charge in [-0.3, -0.25) is 0 Å². The molecule has 100 valence electrons. The molecule has 0 aromatic rings. The summed E-state index contributed by atoms with van der Waals surface area (Å²) in [6.07, 6.45) is -0.0398. The van der Waals surface area contributed by atoms with Crippen LogP contribution in [-0.2, 0) is 19.7 Å². The largest absolute Gasteiger partial charge is 0.379 e. The standard InChI is InChI=1S/C10H20N2O4S/c1-9-8-16-10(2)7-12(9)17(13,14)11-3-5-15-6-4-11/h9-10H,3-8H2,1-2H3/t9-,10-/m0/s1. The van der Waals surface area contributed by atoms with Gasteiger partial charge in [-0.05, 0) is 13.8 Å². The first-order valence-electron chi connectivity index (χ1n) is 5.98. The molecular weight excluding hydrogens is 244 g/mol. The summed E-state index contributed by atoms with van der Waals surface area (Å²) in [6.45, 7) is 6.52. The van der Waals surface area contributed by atoms with Gasteiger partial charge in [0.25, 0.3) is 10.2 Å². The summed E-state index contributed by atoms with van der Waals surface area (Å²) in [5.41, 5.74) is 0. The van der Waals surface area contributed by atoms with Crippen molar-refractivity contribution in [3.63, 3.8) is 0 Å². The van der Waals surface area contributed by atoms with E-state index in [4.69, 9.17) is 9.47 Å². The summed E-state index contributed by atoms with van der Waals surface area (Å²) in [6, 6.07) is -0.0981. The molecule has 0 bridgehead atoms. The van der Waals surface area contributed by atoms with Crippen LogP contribution in [0.3, 0.4) is 0 Å². The first-order chi connectivity index (χ1) is 8.01. The smallest absolute Gasteiger partial charge is 0.282 e. The Kier molecular flexibility index (Phi) is 4.04. The third-order valence-electron chi connectivity index (χ3n) is 3.14. The van der Waals surface area contributed by atoms with Crippen LogP contribution in [0.4, 0.5) is 0 Å². The van der Waals surface area contributed by atoms with Gasteiger partial charge >= 0.3 is 0 Å². The van der Waals surface area contributed by atoms with Gasteiger partial charge in [0.15, 0.2) is 0 Å². The third kappa shape index (κ3) is 2.79. The molecule has 2 saturated heterocycles. The van der Waals surface area contributed by atoms with Gasteiger partial charge < -0.3 is 9.47 Å². The molecule has 2 atom stereocenters. The lowest BCUT2D eigenvalue weighted by molar-refractivity contribution is -0.0208. The van der Waals surface area contributed by atoms with Crippen molar-refractivity contribution >= 4 is 10.2 Å². The predicted molar refractivity (Wildman–Crippen MR) is 62.9 cm³/mol. The molecule has 0 aliphatic carbocycles. The average Bonchev–Trinajstić information content (AvgIpc) is 2.33. The van der Waals surface area contributed by atoms with Crippen molar-refractivity contribution in [2.24, 2.45) is 0 Å². The molecule has 2 aliphatic rings. The topological polar surface area (TPSA) is 59.1 Å². The second-order valence-electron chi connectivity index (χ2n) is 4.58. The monoisotopic (exact) mass is 264 g/mol. The Bertz CT molecular complexity index is 353. The fraction of sp³-hybridized carbons (Fsp3) is 1.00. The summed E-state index contributed by atoms with van der Waals surface area (Å²) in [4.78, 5) is 0. The number of morpholine rings is 2. The van der Waals surface area contributed by atoms with Gasteiger partial charge in [0.2, 0.25) is 0 Å². The van der Waals surface area contributed by atoms with Gasteiger partial charge in [-0.1, -0.05) is 0 Å². The molecule has 0 aromatic heterocycles. The van der Waals surface area contributed by atoms with E-state index >= 15 is 0 Å². The average molecular weight is 264 g/mol. The molecule has 2 aliphatic heterocycles. The number of nitrogens with zero attached hydrogens (tertiary/aromatic N) is 2. The van der Waals surface area contributed by atoms with Gasteiger partial charge in [0, 0.05) is 25.7 Å². The quantitative estimate of drug-likeness (QED) is 0.685. The molecule has 0 spiro atoms. The molecule has 7 heteroatoms. The van der Waals surface area contributed by atoms with Gasteiger partial charge in [-0.15, -0.1) is 0 Å². The number of hydrogen-bond acceptors (Lipinski definition) is 4. The van der Waals surface area contributed by atoms with Crippen LogP contribution in [0.25, 0.3) is 0 Å². The van der Waals surface area contributed by atoms with Crippen LogP contribution in [-0.4, -0.2) is 68.6 Å². The molecule has 0 saturated carbocycles. The molecule has 0 amide bonds. The normalized spacial score (nSPS) is 33.8. The van der Waals surface area contributed by atoms with Gasteiger partial charge in [-0.25, -0.2) is 0 Å². The summed E-state index contributed by atoms with van der Waals surface area (Å²) < 4.78 is 38.6. The minimum atomic E-state index is -3.36. The molecule has 2 heterocycles. The molecule has 2 fully saturated rings. The maximum Gasteiger partial charge on any atom is 0.282 e. The first-order valence-corrected chi connectivity index (χ1v) is 7.38. The fourth-order valence-corrected chi connectivity index (χ4v) is 3.94. The Balaban J connectivity index is 2.12. The molecule has 6 nitrogen and oxygen atoms in total.